The average molecular weight is 256 g/mol. The molecule has 0 unspecified atom stereocenters. The number of hydrogen-bond donors (Lipinski definition) is 1. The lowest BCUT2D eigenvalue weighted by molar-refractivity contribution is -0.0759. The predicted octanol–water partition coefficient (Wildman–Crippen LogP) is 2.41. The molecule has 0 bridgehead atoms. The van der Waals surface area contributed by atoms with Crippen molar-refractivity contribution in [3.05, 3.63) is 27.8 Å². The monoisotopic (exact) mass is 255 g/mol. The van der Waals surface area contributed by atoms with Gasteiger partial charge < -0.3 is 14.8 Å². The second-order valence-corrected chi connectivity index (χ2v) is 4.91. The Morgan fingerprint density at radius 1 is 1.41 bits per heavy atom. The molecule has 17 heavy (non-hydrogen) atoms. The standard InChI is InChI=1S/C13H18ClNO2/c1-8-5-10(16-4)11(9(2)12(8)14)13(15-3)6-17-7-13/h5,15H,6-7H2,1-4H3. The normalized spacial score (nSPS) is 17.7. The Balaban J connectivity index is 2.63. The van der Waals surface area contributed by atoms with E-state index in [1.54, 1.807) is 7.11 Å². The van der Waals surface area contributed by atoms with E-state index in [9.17, 15) is 0 Å². The van der Waals surface area contributed by atoms with Gasteiger partial charge in [-0.25, -0.2) is 0 Å². The largest absolute Gasteiger partial charge is 0.496 e. The minimum atomic E-state index is -0.160. The lowest BCUT2D eigenvalue weighted by Gasteiger charge is -2.43. The highest BCUT2D eigenvalue weighted by atomic mass is 35.5. The van der Waals surface area contributed by atoms with E-state index in [-0.39, 0.29) is 5.54 Å². The molecule has 3 nitrogen and oxygen atoms in total. The molecule has 1 aromatic carbocycles. The molecule has 2 rings (SSSR count). The average Bonchev–Trinajstić information content (AvgIpc) is 2.27. The Labute approximate surface area is 107 Å². The van der Waals surface area contributed by atoms with Gasteiger partial charge in [0, 0.05) is 10.6 Å². The highest BCUT2D eigenvalue weighted by molar-refractivity contribution is 6.32. The first-order valence-electron chi connectivity index (χ1n) is 5.66. The van der Waals surface area contributed by atoms with E-state index < -0.39 is 0 Å². The molecule has 94 valence electrons. The summed E-state index contributed by atoms with van der Waals surface area (Å²) in [7, 11) is 3.63. The van der Waals surface area contributed by atoms with Crippen LogP contribution >= 0.6 is 11.6 Å². The van der Waals surface area contributed by atoms with Crippen LogP contribution in [0.1, 0.15) is 16.7 Å². The van der Waals surface area contributed by atoms with Crippen molar-refractivity contribution >= 4 is 11.6 Å². The lowest BCUT2D eigenvalue weighted by Crippen LogP contribution is -2.56. The second-order valence-electron chi connectivity index (χ2n) is 4.53. The smallest absolute Gasteiger partial charge is 0.124 e. The molecule has 1 fully saturated rings. The van der Waals surface area contributed by atoms with Gasteiger partial charge in [0.05, 0.1) is 25.9 Å². The number of likely N-dealkylation sites (N-methyl/N-ethyl adjacent to an activating group) is 1. The van der Waals surface area contributed by atoms with Crippen LogP contribution in [0.3, 0.4) is 0 Å². The van der Waals surface area contributed by atoms with Crippen LogP contribution in [0.5, 0.6) is 5.75 Å². The van der Waals surface area contributed by atoms with Crippen molar-refractivity contribution in [3.63, 3.8) is 0 Å². The quantitative estimate of drug-likeness (QED) is 0.900. The third kappa shape index (κ3) is 1.82. The van der Waals surface area contributed by atoms with E-state index in [1.807, 2.05) is 27.0 Å². The Kier molecular flexibility index (Phi) is 3.34. The highest BCUT2D eigenvalue weighted by Gasteiger charge is 2.42. The Morgan fingerprint density at radius 2 is 2.06 bits per heavy atom. The van der Waals surface area contributed by atoms with Crippen molar-refractivity contribution in [2.45, 2.75) is 19.4 Å². The zero-order chi connectivity index (χ0) is 12.6. The number of ether oxygens (including phenoxy) is 2. The fourth-order valence-corrected chi connectivity index (χ4v) is 2.55. The van der Waals surface area contributed by atoms with Crippen molar-refractivity contribution in [2.75, 3.05) is 27.4 Å². The third-order valence-corrected chi connectivity index (χ3v) is 4.10. The Bertz CT molecular complexity index is 436. The van der Waals surface area contributed by atoms with Crippen molar-refractivity contribution in [1.82, 2.24) is 5.32 Å². The van der Waals surface area contributed by atoms with Crippen LogP contribution in [0.25, 0.3) is 0 Å². The molecule has 0 spiro atoms. The number of halogens is 1. The predicted molar refractivity (Wildman–Crippen MR) is 69.0 cm³/mol. The maximum atomic E-state index is 6.33. The van der Waals surface area contributed by atoms with Crippen LogP contribution in [0.2, 0.25) is 5.02 Å². The molecule has 1 saturated heterocycles. The van der Waals surface area contributed by atoms with E-state index in [0.29, 0.717) is 13.2 Å². The summed E-state index contributed by atoms with van der Waals surface area (Å²) in [6, 6.07) is 1.99. The summed E-state index contributed by atoms with van der Waals surface area (Å²) in [5, 5.41) is 4.14. The SMILES string of the molecule is CNC1(c2c(OC)cc(C)c(Cl)c2C)COC1. The molecule has 0 amide bonds. The number of aryl methyl sites for hydroxylation is 1. The number of hydrogen-bond acceptors (Lipinski definition) is 3. The van der Waals surface area contributed by atoms with E-state index in [4.69, 9.17) is 21.1 Å². The van der Waals surface area contributed by atoms with Crippen molar-refractivity contribution in [3.8, 4) is 5.75 Å². The summed E-state index contributed by atoms with van der Waals surface area (Å²) in [6.45, 7) is 5.33. The third-order valence-electron chi connectivity index (χ3n) is 3.52. The fourth-order valence-electron chi connectivity index (χ4n) is 2.40. The molecule has 1 aromatic rings. The van der Waals surface area contributed by atoms with Crippen molar-refractivity contribution < 1.29 is 9.47 Å². The topological polar surface area (TPSA) is 30.5 Å². The molecule has 0 radical (unpaired) electrons. The fraction of sp³-hybridized carbons (Fsp3) is 0.538. The maximum absolute atomic E-state index is 6.33. The van der Waals surface area contributed by atoms with Gasteiger partial charge >= 0.3 is 0 Å². The Hall–Kier alpha value is -0.770. The first kappa shape index (κ1) is 12.7. The van der Waals surface area contributed by atoms with Gasteiger partial charge in [0.2, 0.25) is 0 Å². The number of nitrogens with one attached hydrogen (secondary N) is 1. The maximum Gasteiger partial charge on any atom is 0.124 e. The van der Waals surface area contributed by atoms with Crippen LogP contribution in [0.15, 0.2) is 6.07 Å². The molecule has 1 aliphatic heterocycles. The molecule has 0 saturated carbocycles. The van der Waals surface area contributed by atoms with E-state index in [2.05, 4.69) is 5.32 Å². The zero-order valence-electron chi connectivity index (χ0n) is 10.7. The van der Waals surface area contributed by atoms with Crippen LogP contribution in [0, 0.1) is 13.8 Å². The van der Waals surface area contributed by atoms with Crippen LogP contribution in [-0.4, -0.2) is 27.4 Å². The second kappa shape index (κ2) is 4.48. The van der Waals surface area contributed by atoms with Gasteiger partial charge in [-0.3, -0.25) is 0 Å². The van der Waals surface area contributed by atoms with Gasteiger partial charge in [-0.2, -0.15) is 0 Å². The van der Waals surface area contributed by atoms with E-state index in [0.717, 1.165) is 27.5 Å². The Morgan fingerprint density at radius 3 is 2.47 bits per heavy atom. The number of rotatable bonds is 3. The van der Waals surface area contributed by atoms with Crippen LogP contribution in [0.4, 0.5) is 0 Å². The summed E-state index contributed by atoms with van der Waals surface area (Å²) < 4.78 is 10.8. The minimum absolute atomic E-state index is 0.160. The molecule has 1 aliphatic rings. The molecule has 4 heteroatoms. The van der Waals surface area contributed by atoms with Crippen molar-refractivity contribution in [1.29, 1.82) is 0 Å². The minimum Gasteiger partial charge on any atom is -0.496 e. The summed E-state index contributed by atoms with van der Waals surface area (Å²) in [4.78, 5) is 0. The van der Waals surface area contributed by atoms with Gasteiger partial charge in [0.15, 0.2) is 0 Å². The molecular weight excluding hydrogens is 238 g/mol. The lowest BCUT2D eigenvalue weighted by atomic mass is 9.83. The van der Waals surface area contributed by atoms with Gasteiger partial charge in [-0.1, -0.05) is 11.6 Å². The van der Waals surface area contributed by atoms with Crippen LogP contribution < -0.4 is 10.1 Å². The van der Waals surface area contributed by atoms with Gasteiger partial charge in [-0.15, -0.1) is 0 Å². The van der Waals surface area contributed by atoms with Gasteiger partial charge in [0.25, 0.3) is 0 Å². The summed E-state index contributed by atoms with van der Waals surface area (Å²) in [6.07, 6.45) is 0. The number of methoxy groups -OCH3 is 1. The summed E-state index contributed by atoms with van der Waals surface area (Å²) in [5.74, 6) is 0.877. The van der Waals surface area contributed by atoms with Crippen LogP contribution in [-0.2, 0) is 10.3 Å². The van der Waals surface area contributed by atoms with Gasteiger partial charge in [-0.05, 0) is 38.1 Å². The summed E-state index contributed by atoms with van der Waals surface area (Å²) >= 11 is 6.33. The first-order chi connectivity index (χ1) is 8.05. The first-order valence-corrected chi connectivity index (χ1v) is 6.04. The molecule has 0 aromatic heterocycles. The number of benzene rings is 1. The molecule has 0 atom stereocenters. The highest BCUT2D eigenvalue weighted by Crippen LogP contribution is 2.41. The molecule has 1 heterocycles. The molecular formula is C13H18ClNO2. The summed E-state index contributed by atoms with van der Waals surface area (Å²) in [5.41, 5.74) is 3.06. The molecule has 1 N–H and O–H groups in total. The molecule has 0 aliphatic carbocycles. The zero-order valence-corrected chi connectivity index (χ0v) is 11.4. The van der Waals surface area contributed by atoms with Crippen molar-refractivity contribution in [2.24, 2.45) is 0 Å². The van der Waals surface area contributed by atoms with Gasteiger partial charge in [0.1, 0.15) is 5.75 Å². The van der Waals surface area contributed by atoms with E-state index >= 15 is 0 Å². The van der Waals surface area contributed by atoms with E-state index in [1.165, 1.54) is 0 Å².